The molecule has 15 heavy (non-hydrogen) atoms. The van der Waals surface area contributed by atoms with E-state index in [1.807, 2.05) is 0 Å². The lowest BCUT2D eigenvalue weighted by Crippen LogP contribution is -2.34. The summed E-state index contributed by atoms with van der Waals surface area (Å²) < 4.78 is 5.45. The molecule has 1 heterocycles. The van der Waals surface area contributed by atoms with Gasteiger partial charge in [-0.2, -0.15) is 0 Å². The van der Waals surface area contributed by atoms with Gasteiger partial charge in [0.2, 0.25) is 0 Å². The number of rotatable bonds is 2. The molecule has 0 spiro atoms. The Morgan fingerprint density at radius 2 is 1.87 bits per heavy atom. The second-order valence-corrected chi connectivity index (χ2v) is 5.81. The van der Waals surface area contributed by atoms with Crippen LogP contribution in [-0.2, 0) is 4.74 Å². The first-order valence-electron chi connectivity index (χ1n) is 6.53. The predicted molar refractivity (Wildman–Crippen MR) is 64.3 cm³/mol. The molecule has 3 unspecified atom stereocenters. The van der Waals surface area contributed by atoms with Crippen LogP contribution in [-0.4, -0.2) is 18.6 Å². The van der Waals surface area contributed by atoms with Crippen LogP contribution in [0.1, 0.15) is 45.4 Å². The molecule has 1 saturated carbocycles. The lowest BCUT2D eigenvalue weighted by atomic mass is 9.69. The Kier molecular flexibility index (Phi) is 4.33. The average molecular weight is 231 g/mol. The molecule has 3 atom stereocenters. The van der Waals surface area contributed by atoms with E-state index in [9.17, 15) is 0 Å². The highest BCUT2D eigenvalue weighted by Crippen LogP contribution is 2.42. The molecule has 2 fully saturated rings. The van der Waals surface area contributed by atoms with Crippen molar-refractivity contribution in [1.29, 1.82) is 0 Å². The molecule has 2 rings (SSSR count). The maximum atomic E-state index is 6.32. The fraction of sp³-hybridized carbons (Fsp3) is 1.00. The van der Waals surface area contributed by atoms with Crippen molar-refractivity contribution < 1.29 is 4.74 Å². The largest absolute Gasteiger partial charge is 0.381 e. The van der Waals surface area contributed by atoms with E-state index in [1.165, 1.54) is 38.5 Å². The van der Waals surface area contributed by atoms with E-state index in [2.05, 4.69) is 6.92 Å². The van der Waals surface area contributed by atoms with Crippen LogP contribution in [0.3, 0.4) is 0 Å². The van der Waals surface area contributed by atoms with Gasteiger partial charge in [-0.25, -0.2) is 0 Å². The van der Waals surface area contributed by atoms with Crippen molar-refractivity contribution >= 4 is 11.6 Å². The van der Waals surface area contributed by atoms with Gasteiger partial charge >= 0.3 is 0 Å². The van der Waals surface area contributed by atoms with E-state index in [-0.39, 0.29) is 0 Å². The van der Waals surface area contributed by atoms with E-state index in [0.717, 1.165) is 31.0 Å². The number of hydrogen-bond acceptors (Lipinski definition) is 1. The van der Waals surface area contributed by atoms with E-state index in [4.69, 9.17) is 16.3 Å². The Labute approximate surface area is 98.5 Å². The van der Waals surface area contributed by atoms with E-state index < -0.39 is 0 Å². The van der Waals surface area contributed by atoms with E-state index >= 15 is 0 Å². The highest BCUT2D eigenvalue weighted by Gasteiger charge is 2.34. The first kappa shape index (κ1) is 11.7. The minimum absolute atomic E-state index is 0.445. The van der Waals surface area contributed by atoms with Crippen molar-refractivity contribution in [2.75, 3.05) is 13.2 Å². The second kappa shape index (κ2) is 5.54. The third kappa shape index (κ3) is 2.88. The summed E-state index contributed by atoms with van der Waals surface area (Å²) in [7, 11) is 0. The van der Waals surface area contributed by atoms with Crippen LogP contribution in [0, 0.1) is 17.8 Å². The Hall–Kier alpha value is 0.250. The van der Waals surface area contributed by atoms with Crippen LogP contribution in [0.15, 0.2) is 0 Å². The van der Waals surface area contributed by atoms with Gasteiger partial charge in [0.25, 0.3) is 0 Å². The Morgan fingerprint density at radius 1 is 1.13 bits per heavy atom. The molecule has 0 N–H and O–H groups in total. The summed E-state index contributed by atoms with van der Waals surface area (Å²) in [6, 6.07) is 0. The predicted octanol–water partition coefficient (Wildman–Crippen LogP) is 3.85. The summed E-state index contributed by atoms with van der Waals surface area (Å²) in [4.78, 5) is 0. The van der Waals surface area contributed by atoms with Crippen LogP contribution >= 0.6 is 11.6 Å². The number of alkyl halides is 1. The first-order valence-corrected chi connectivity index (χ1v) is 6.96. The molecule has 0 radical (unpaired) electrons. The molecule has 0 aromatic heterocycles. The molecule has 88 valence electrons. The van der Waals surface area contributed by atoms with Crippen molar-refractivity contribution in [2.24, 2.45) is 17.8 Å². The van der Waals surface area contributed by atoms with Crippen LogP contribution in [0.25, 0.3) is 0 Å². The van der Waals surface area contributed by atoms with Crippen molar-refractivity contribution in [3.8, 4) is 0 Å². The van der Waals surface area contributed by atoms with Gasteiger partial charge in [0.15, 0.2) is 0 Å². The lowest BCUT2D eigenvalue weighted by molar-refractivity contribution is 0.0231. The molecule has 2 aliphatic rings. The number of halogens is 1. The highest BCUT2D eigenvalue weighted by molar-refractivity contribution is 6.20. The quantitative estimate of drug-likeness (QED) is 0.655. The molecule has 0 aromatic carbocycles. The Balaban J connectivity index is 1.95. The minimum Gasteiger partial charge on any atom is -0.381 e. The van der Waals surface area contributed by atoms with Gasteiger partial charge in [-0.05, 0) is 49.9 Å². The number of hydrogen-bond donors (Lipinski definition) is 0. The number of ether oxygens (including phenoxy) is 1. The lowest BCUT2D eigenvalue weighted by Gasteiger charge is -2.40. The third-order valence-corrected chi connectivity index (χ3v) is 4.78. The zero-order valence-electron chi connectivity index (χ0n) is 9.75. The monoisotopic (exact) mass is 230 g/mol. The van der Waals surface area contributed by atoms with Gasteiger partial charge in [-0.15, -0.1) is 11.6 Å². The molecular weight excluding hydrogens is 208 g/mol. The topological polar surface area (TPSA) is 9.23 Å². The van der Waals surface area contributed by atoms with E-state index in [1.54, 1.807) is 0 Å². The summed E-state index contributed by atoms with van der Waals surface area (Å²) in [5.41, 5.74) is 0. The molecule has 1 nitrogen and oxygen atoms in total. The molecule has 1 aliphatic carbocycles. The summed E-state index contributed by atoms with van der Waals surface area (Å²) in [5.74, 6) is 2.71. The van der Waals surface area contributed by atoms with E-state index in [0.29, 0.717) is 5.38 Å². The Bertz CT molecular complexity index is 189. The minimum atomic E-state index is 0.445. The van der Waals surface area contributed by atoms with Crippen LogP contribution < -0.4 is 0 Å². The highest BCUT2D eigenvalue weighted by atomic mass is 35.5. The van der Waals surface area contributed by atoms with Gasteiger partial charge < -0.3 is 4.74 Å². The van der Waals surface area contributed by atoms with Crippen LogP contribution in [0.4, 0.5) is 0 Å². The first-order chi connectivity index (χ1) is 7.31. The molecular formula is C13H23ClO. The molecule has 0 amide bonds. The summed E-state index contributed by atoms with van der Waals surface area (Å²) in [5, 5.41) is 0.445. The maximum absolute atomic E-state index is 6.32. The second-order valence-electron chi connectivity index (χ2n) is 5.19. The average Bonchev–Trinajstić information content (AvgIpc) is 2.30. The van der Waals surface area contributed by atoms with Crippen molar-refractivity contribution in [1.82, 2.24) is 0 Å². The van der Waals surface area contributed by atoms with Crippen LogP contribution in [0.2, 0.25) is 0 Å². The van der Waals surface area contributed by atoms with Gasteiger partial charge in [0.05, 0.1) is 0 Å². The summed E-state index contributed by atoms with van der Waals surface area (Å²) >= 11 is 6.32. The SMILES string of the molecule is CCC1CCC(Cl)CC1C1CCOCC1. The van der Waals surface area contributed by atoms with Crippen molar-refractivity contribution in [3.63, 3.8) is 0 Å². The van der Waals surface area contributed by atoms with Crippen molar-refractivity contribution in [3.05, 3.63) is 0 Å². The fourth-order valence-electron chi connectivity index (χ4n) is 3.44. The van der Waals surface area contributed by atoms with Crippen molar-refractivity contribution in [2.45, 2.75) is 50.8 Å². The zero-order valence-corrected chi connectivity index (χ0v) is 10.5. The van der Waals surface area contributed by atoms with Crippen LogP contribution in [0.5, 0.6) is 0 Å². The van der Waals surface area contributed by atoms with Gasteiger partial charge in [-0.3, -0.25) is 0 Å². The molecule has 1 saturated heterocycles. The standard InChI is InChI=1S/C13H23ClO/c1-2-10-3-4-12(14)9-13(10)11-5-7-15-8-6-11/h10-13H,2-9H2,1H3. The van der Waals surface area contributed by atoms with Gasteiger partial charge in [0, 0.05) is 18.6 Å². The normalized spacial score (nSPS) is 39.2. The molecule has 2 heteroatoms. The third-order valence-electron chi connectivity index (χ3n) is 4.38. The fourth-order valence-corrected chi connectivity index (χ4v) is 3.77. The molecule has 0 bridgehead atoms. The Morgan fingerprint density at radius 3 is 2.53 bits per heavy atom. The summed E-state index contributed by atoms with van der Waals surface area (Å²) in [6.45, 7) is 4.29. The molecule has 0 aromatic rings. The zero-order chi connectivity index (χ0) is 10.7. The molecule has 1 aliphatic heterocycles. The maximum Gasteiger partial charge on any atom is 0.0468 e. The van der Waals surface area contributed by atoms with Gasteiger partial charge in [0.1, 0.15) is 0 Å². The summed E-state index contributed by atoms with van der Waals surface area (Å²) in [6.07, 6.45) is 7.72. The van der Waals surface area contributed by atoms with Gasteiger partial charge in [-0.1, -0.05) is 13.3 Å². The smallest absolute Gasteiger partial charge is 0.0468 e.